The normalized spacial score (nSPS) is 9.64. The number of ether oxygens (including phenoxy) is 2. The molecule has 2 rings (SSSR count). The molecule has 7 nitrogen and oxygen atoms in total. The van der Waals surface area contributed by atoms with E-state index in [4.69, 9.17) is 15.2 Å². The molecule has 0 aliphatic heterocycles. The minimum Gasteiger partial charge on any atom is -0.461 e. The van der Waals surface area contributed by atoms with E-state index in [9.17, 15) is 9.59 Å². The van der Waals surface area contributed by atoms with Gasteiger partial charge in [-0.1, -0.05) is 53.5 Å². The Morgan fingerprint density at radius 1 is 1.28 bits per heavy atom. The average Bonchev–Trinajstić information content (AvgIpc) is 2.99. The molecule has 0 unspecified atom stereocenters. The second-order valence-corrected chi connectivity index (χ2v) is 5.70. The molecule has 0 atom stereocenters. The highest BCUT2D eigenvalue weighted by atomic mass is 32.1. The Labute approximate surface area is 149 Å². The lowest BCUT2D eigenvalue weighted by Crippen LogP contribution is -2.24. The van der Waals surface area contributed by atoms with E-state index in [2.05, 4.69) is 22.1 Å². The molecule has 0 fully saturated rings. The maximum atomic E-state index is 11.7. The topological polar surface area (TPSA) is 104 Å². The number of carbonyl (C=O) groups excluding carboxylic acids is 2. The van der Waals surface area contributed by atoms with Crippen LogP contribution in [-0.4, -0.2) is 30.2 Å². The SMILES string of the molecule is CCOC(=O)c1nc(N)sc1C#CCNC(=O)OCc1ccccc1. The molecular formula is C17H17N3O4S. The van der Waals surface area contributed by atoms with Gasteiger partial charge in [-0.3, -0.25) is 0 Å². The maximum absolute atomic E-state index is 11.7. The van der Waals surface area contributed by atoms with Crippen LogP contribution in [-0.2, 0) is 16.1 Å². The average molecular weight is 359 g/mol. The zero-order valence-corrected chi connectivity index (χ0v) is 14.4. The van der Waals surface area contributed by atoms with Crippen LogP contribution in [0.1, 0.15) is 27.9 Å². The number of nitrogen functional groups attached to an aromatic ring is 1. The van der Waals surface area contributed by atoms with Crippen LogP contribution in [0.25, 0.3) is 0 Å². The highest BCUT2D eigenvalue weighted by molar-refractivity contribution is 7.16. The van der Waals surface area contributed by atoms with E-state index >= 15 is 0 Å². The monoisotopic (exact) mass is 359 g/mol. The molecule has 8 heteroatoms. The summed E-state index contributed by atoms with van der Waals surface area (Å²) in [7, 11) is 0. The molecule has 130 valence electrons. The van der Waals surface area contributed by atoms with E-state index in [1.54, 1.807) is 6.92 Å². The number of carbonyl (C=O) groups is 2. The summed E-state index contributed by atoms with van der Waals surface area (Å²) < 4.78 is 9.95. The molecule has 0 saturated heterocycles. The number of rotatable bonds is 5. The van der Waals surface area contributed by atoms with Crippen molar-refractivity contribution in [3.63, 3.8) is 0 Å². The van der Waals surface area contributed by atoms with Gasteiger partial charge in [0.2, 0.25) is 0 Å². The number of thiazole rings is 1. The zero-order chi connectivity index (χ0) is 18.1. The van der Waals surface area contributed by atoms with Crippen molar-refractivity contribution in [2.24, 2.45) is 0 Å². The fraction of sp³-hybridized carbons (Fsp3) is 0.235. The number of aromatic nitrogens is 1. The standard InChI is InChI=1S/C17H17N3O4S/c1-2-23-15(21)14-13(25-16(18)20-14)9-6-10-19-17(22)24-11-12-7-4-3-5-8-12/h3-5,7-8H,2,10-11H2,1H3,(H2,18,20)(H,19,22). The number of nitrogens with one attached hydrogen (secondary N) is 1. The largest absolute Gasteiger partial charge is 0.461 e. The second-order valence-electron chi connectivity index (χ2n) is 4.67. The molecule has 0 bridgehead atoms. The van der Waals surface area contributed by atoms with E-state index < -0.39 is 12.1 Å². The van der Waals surface area contributed by atoms with Gasteiger partial charge in [0.1, 0.15) is 11.5 Å². The summed E-state index contributed by atoms with van der Waals surface area (Å²) in [6, 6.07) is 9.33. The highest BCUT2D eigenvalue weighted by Gasteiger charge is 2.17. The van der Waals surface area contributed by atoms with Gasteiger partial charge in [-0.25, -0.2) is 14.6 Å². The first kappa shape index (κ1) is 18.3. The summed E-state index contributed by atoms with van der Waals surface area (Å²) in [5, 5.41) is 2.73. The molecule has 1 amide bonds. The van der Waals surface area contributed by atoms with Crippen molar-refractivity contribution < 1.29 is 19.1 Å². The molecule has 0 aliphatic rings. The third-order valence-electron chi connectivity index (χ3n) is 2.85. The molecule has 0 aliphatic carbocycles. The van der Waals surface area contributed by atoms with Gasteiger partial charge in [0.25, 0.3) is 0 Å². The van der Waals surface area contributed by atoms with E-state index in [1.807, 2.05) is 30.3 Å². The third kappa shape index (κ3) is 5.82. The van der Waals surface area contributed by atoms with Crippen LogP contribution in [0.15, 0.2) is 30.3 Å². The Kier molecular flexibility index (Phi) is 6.80. The number of hydrogen-bond donors (Lipinski definition) is 2. The number of amides is 1. The fourth-order valence-electron chi connectivity index (χ4n) is 1.77. The van der Waals surface area contributed by atoms with Gasteiger partial charge in [-0.15, -0.1) is 0 Å². The molecule has 2 aromatic rings. The Morgan fingerprint density at radius 3 is 2.76 bits per heavy atom. The van der Waals surface area contributed by atoms with Crippen molar-refractivity contribution in [1.82, 2.24) is 10.3 Å². The number of hydrogen-bond acceptors (Lipinski definition) is 7. The molecule has 3 N–H and O–H groups in total. The molecular weight excluding hydrogens is 342 g/mol. The minimum atomic E-state index is -0.576. The molecule has 1 heterocycles. The van der Waals surface area contributed by atoms with Gasteiger partial charge in [0.15, 0.2) is 10.8 Å². The third-order valence-corrected chi connectivity index (χ3v) is 3.65. The first-order valence-corrected chi connectivity index (χ1v) is 8.28. The lowest BCUT2D eigenvalue weighted by atomic mass is 10.2. The first-order chi connectivity index (χ1) is 12.1. The van der Waals surface area contributed by atoms with Crippen molar-refractivity contribution in [2.75, 3.05) is 18.9 Å². The number of nitrogens with zero attached hydrogens (tertiary/aromatic N) is 1. The van der Waals surface area contributed by atoms with Crippen molar-refractivity contribution in [2.45, 2.75) is 13.5 Å². The molecule has 1 aromatic carbocycles. The summed E-state index contributed by atoms with van der Waals surface area (Å²) in [4.78, 5) is 27.6. The van der Waals surface area contributed by atoms with Gasteiger partial charge >= 0.3 is 12.1 Å². The molecule has 0 spiro atoms. The van der Waals surface area contributed by atoms with E-state index in [1.165, 1.54) is 0 Å². The van der Waals surface area contributed by atoms with E-state index in [-0.39, 0.29) is 30.6 Å². The lowest BCUT2D eigenvalue weighted by molar-refractivity contribution is 0.0520. The van der Waals surface area contributed by atoms with Crippen LogP contribution in [0.3, 0.4) is 0 Å². The Hall–Kier alpha value is -3.05. The number of anilines is 1. The summed E-state index contributed by atoms with van der Waals surface area (Å²) in [6.45, 7) is 2.17. The lowest BCUT2D eigenvalue weighted by Gasteiger charge is -2.04. The van der Waals surface area contributed by atoms with Crippen molar-refractivity contribution in [1.29, 1.82) is 0 Å². The van der Waals surface area contributed by atoms with Crippen LogP contribution in [0, 0.1) is 11.8 Å². The van der Waals surface area contributed by atoms with Gasteiger partial charge in [-0.05, 0) is 12.5 Å². The van der Waals surface area contributed by atoms with Gasteiger partial charge < -0.3 is 20.5 Å². The number of esters is 1. The van der Waals surface area contributed by atoms with Gasteiger partial charge in [-0.2, -0.15) is 0 Å². The van der Waals surface area contributed by atoms with Crippen LogP contribution >= 0.6 is 11.3 Å². The zero-order valence-electron chi connectivity index (χ0n) is 13.6. The number of benzene rings is 1. The number of alkyl carbamates (subject to hydrolysis) is 1. The Morgan fingerprint density at radius 2 is 2.04 bits per heavy atom. The highest BCUT2D eigenvalue weighted by Crippen LogP contribution is 2.20. The molecule has 1 aromatic heterocycles. The van der Waals surface area contributed by atoms with E-state index in [0.717, 1.165) is 16.9 Å². The van der Waals surface area contributed by atoms with Crippen LogP contribution in [0.4, 0.5) is 9.93 Å². The Balaban J connectivity index is 1.84. The predicted molar refractivity (Wildman–Crippen MR) is 94.0 cm³/mol. The molecule has 25 heavy (non-hydrogen) atoms. The van der Waals surface area contributed by atoms with Crippen molar-refractivity contribution in [3.8, 4) is 11.8 Å². The van der Waals surface area contributed by atoms with Crippen LogP contribution < -0.4 is 11.1 Å². The quantitative estimate of drug-likeness (QED) is 0.626. The van der Waals surface area contributed by atoms with Gasteiger partial charge in [0, 0.05) is 0 Å². The minimum absolute atomic E-state index is 0.0632. The summed E-state index contributed by atoms with van der Waals surface area (Å²) in [5.74, 6) is 4.91. The van der Waals surface area contributed by atoms with Crippen molar-refractivity contribution in [3.05, 3.63) is 46.5 Å². The first-order valence-electron chi connectivity index (χ1n) is 7.47. The smallest absolute Gasteiger partial charge is 0.408 e. The number of nitrogens with two attached hydrogens (primary N) is 1. The van der Waals surface area contributed by atoms with Crippen LogP contribution in [0.5, 0.6) is 0 Å². The maximum Gasteiger partial charge on any atom is 0.408 e. The summed E-state index contributed by atoms with van der Waals surface area (Å²) >= 11 is 1.08. The van der Waals surface area contributed by atoms with Gasteiger partial charge in [0.05, 0.1) is 13.2 Å². The summed E-state index contributed by atoms with van der Waals surface area (Å²) in [5.41, 5.74) is 6.58. The van der Waals surface area contributed by atoms with Crippen molar-refractivity contribution >= 4 is 28.5 Å². The van der Waals surface area contributed by atoms with Crippen LogP contribution in [0.2, 0.25) is 0 Å². The fourth-order valence-corrected chi connectivity index (χ4v) is 2.47. The van der Waals surface area contributed by atoms with E-state index in [0.29, 0.717) is 4.88 Å². The predicted octanol–water partition coefficient (Wildman–Crippen LogP) is 2.18. The molecule has 0 saturated carbocycles. The second kappa shape index (κ2) is 9.30. The Bertz CT molecular complexity index is 793. The molecule has 0 radical (unpaired) electrons. The summed E-state index contributed by atoms with van der Waals surface area (Å²) in [6.07, 6.45) is -0.576.